The number of esters is 2. The number of amides is 2. The fourth-order valence-corrected chi connectivity index (χ4v) is 7.40. The highest BCUT2D eigenvalue weighted by Crippen LogP contribution is 2.59. The summed E-state index contributed by atoms with van der Waals surface area (Å²) in [7, 11) is 0. The monoisotopic (exact) mass is 724 g/mol. The van der Waals surface area contributed by atoms with Crippen molar-refractivity contribution in [1.29, 1.82) is 0 Å². The van der Waals surface area contributed by atoms with E-state index in [0.29, 0.717) is 30.5 Å². The Labute approximate surface area is 304 Å². The highest BCUT2D eigenvalue weighted by atomic mass is 16.8. The van der Waals surface area contributed by atoms with Crippen molar-refractivity contribution < 1.29 is 53.1 Å². The summed E-state index contributed by atoms with van der Waals surface area (Å²) in [6.45, 7) is 5.42. The summed E-state index contributed by atoms with van der Waals surface area (Å²) < 4.78 is 30.1. The Morgan fingerprint density at radius 1 is 1.04 bits per heavy atom. The zero-order valence-electron chi connectivity index (χ0n) is 30.3. The number of fused-ring (bicyclic) bond motifs is 1. The summed E-state index contributed by atoms with van der Waals surface area (Å²) in [5.41, 5.74) is 0.894. The molecule has 2 aliphatic heterocycles. The normalized spacial score (nSPS) is 26.0. The van der Waals surface area contributed by atoms with Crippen molar-refractivity contribution in [3.63, 3.8) is 0 Å². The molecule has 13 nitrogen and oxygen atoms in total. The fourth-order valence-electron chi connectivity index (χ4n) is 7.40. The number of benzene rings is 1. The van der Waals surface area contributed by atoms with Crippen molar-refractivity contribution in [3.05, 3.63) is 53.3 Å². The molecule has 284 valence electrons. The summed E-state index contributed by atoms with van der Waals surface area (Å²) in [6.07, 6.45) is 8.40. The van der Waals surface area contributed by atoms with Crippen LogP contribution in [0.25, 0.3) is 6.08 Å². The Kier molecular flexibility index (Phi) is 11.7. The van der Waals surface area contributed by atoms with Crippen LogP contribution in [0, 0.1) is 11.8 Å². The van der Waals surface area contributed by atoms with Gasteiger partial charge in [-0.3, -0.25) is 14.4 Å². The van der Waals surface area contributed by atoms with Gasteiger partial charge in [0.1, 0.15) is 36.6 Å². The highest BCUT2D eigenvalue weighted by molar-refractivity contribution is 5.98. The van der Waals surface area contributed by atoms with Crippen LogP contribution in [0.1, 0.15) is 94.5 Å². The van der Waals surface area contributed by atoms with Gasteiger partial charge in [0.05, 0.1) is 31.1 Å². The van der Waals surface area contributed by atoms with Crippen molar-refractivity contribution in [2.24, 2.45) is 11.8 Å². The third-order valence-corrected chi connectivity index (χ3v) is 10.2. The van der Waals surface area contributed by atoms with Crippen molar-refractivity contribution in [2.75, 3.05) is 26.4 Å². The predicted molar refractivity (Wildman–Crippen MR) is 187 cm³/mol. The molecule has 4 fully saturated rings. The summed E-state index contributed by atoms with van der Waals surface area (Å²) in [5, 5.41) is 21.7. The molecule has 5 aliphatic rings. The Morgan fingerprint density at radius 2 is 1.75 bits per heavy atom. The number of carbonyl (C=O) groups excluding carboxylic acids is 4. The molecule has 0 aromatic heterocycles. The number of rotatable bonds is 15. The Hall–Kier alpha value is -3.78. The molecule has 2 saturated heterocycles. The lowest BCUT2D eigenvalue weighted by molar-refractivity contribution is -0.209. The molecule has 5 atom stereocenters. The van der Waals surface area contributed by atoms with Crippen LogP contribution in [0.4, 0.5) is 0 Å². The molecule has 6 rings (SSSR count). The molecule has 52 heavy (non-hydrogen) atoms. The summed E-state index contributed by atoms with van der Waals surface area (Å²) in [6, 6.07) is 5.38. The number of aliphatic hydroxyl groups excluding tert-OH is 2. The van der Waals surface area contributed by atoms with Gasteiger partial charge in [0, 0.05) is 36.8 Å². The molecule has 0 bridgehead atoms. The number of aliphatic hydroxyl groups is 2. The lowest BCUT2D eigenvalue weighted by Crippen LogP contribution is -2.51. The van der Waals surface area contributed by atoms with Gasteiger partial charge in [-0.25, -0.2) is 4.79 Å². The topological polar surface area (TPSA) is 170 Å². The van der Waals surface area contributed by atoms with Crippen LogP contribution in [0.3, 0.4) is 0 Å². The molecular formula is C39H52N2O11. The first-order chi connectivity index (χ1) is 24.9. The second kappa shape index (κ2) is 16.1. The van der Waals surface area contributed by atoms with Gasteiger partial charge in [-0.15, -0.1) is 0 Å². The minimum Gasteiger partial charge on any atom is -0.499 e. The first kappa shape index (κ1) is 38.0. The average Bonchev–Trinajstić information content (AvgIpc) is 4.06. The smallest absolute Gasteiger partial charge is 0.338 e. The summed E-state index contributed by atoms with van der Waals surface area (Å²) in [4.78, 5) is 55.0. The molecule has 1 aromatic carbocycles. The maximum Gasteiger partial charge on any atom is 0.338 e. The van der Waals surface area contributed by atoms with Crippen molar-refractivity contribution >= 4 is 29.8 Å². The van der Waals surface area contributed by atoms with Gasteiger partial charge in [-0.05, 0) is 95.6 Å². The van der Waals surface area contributed by atoms with Crippen molar-refractivity contribution in [2.45, 2.75) is 120 Å². The maximum absolute atomic E-state index is 14.2. The standard InChI is InChI=1S/C39H52N2O11/c1-38(2,3)51-33(44)15-14-29(23-43)40-35(45)30-5-4-17-41(30)36(46)26-21-31(34-32(22-26)50-39(52-34,27-10-11-27)28-12-13-28)49-37(47)25-8-6-24(7-9-25)16-19-48-20-18-42/h6-9,16,19,22,27-32,34,42-43H,4-5,10-15,17-18,20-21,23H2,1-3H3,(H,40,45). The SMILES string of the molecule is CC(C)(C)OC(=O)CCC(CO)NC(=O)C1CCCN1C(=O)C1=CC2OC(C3CC3)(C3CC3)OC2C(OC(=O)c2ccc(C=COCCO)cc2)C1. The average molecular weight is 725 g/mol. The molecule has 3 aliphatic carbocycles. The lowest BCUT2D eigenvalue weighted by Gasteiger charge is -2.33. The van der Waals surface area contributed by atoms with Gasteiger partial charge >= 0.3 is 11.9 Å². The van der Waals surface area contributed by atoms with Crippen LogP contribution in [0.5, 0.6) is 0 Å². The van der Waals surface area contributed by atoms with Crippen molar-refractivity contribution in [3.8, 4) is 0 Å². The summed E-state index contributed by atoms with van der Waals surface area (Å²) in [5.74, 6) is -1.93. The maximum atomic E-state index is 14.2. The van der Waals surface area contributed by atoms with Gasteiger partial charge < -0.3 is 44.1 Å². The summed E-state index contributed by atoms with van der Waals surface area (Å²) >= 11 is 0. The minimum atomic E-state index is -0.797. The number of hydrogen-bond donors (Lipinski definition) is 3. The molecule has 13 heteroatoms. The quantitative estimate of drug-likeness (QED) is 0.138. The zero-order valence-corrected chi connectivity index (χ0v) is 30.3. The van der Waals surface area contributed by atoms with E-state index in [0.717, 1.165) is 31.2 Å². The fraction of sp³-hybridized carbons (Fsp3) is 0.641. The van der Waals surface area contributed by atoms with Gasteiger partial charge in [0.15, 0.2) is 5.79 Å². The molecule has 2 saturated carbocycles. The first-order valence-corrected chi connectivity index (χ1v) is 18.6. The molecule has 0 radical (unpaired) electrons. The highest BCUT2D eigenvalue weighted by Gasteiger charge is 2.64. The van der Waals surface area contributed by atoms with Crippen molar-refractivity contribution in [1.82, 2.24) is 10.2 Å². The zero-order chi connectivity index (χ0) is 37.0. The third-order valence-electron chi connectivity index (χ3n) is 10.2. The van der Waals surface area contributed by atoms with E-state index < -0.39 is 59.6 Å². The molecule has 1 aromatic rings. The second-order valence-corrected chi connectivity index (χ2v) is 15.5. The van der Waals surface area contributed by atoms with Gasteiger partial charge in [-0.2, -0.15) is 0 Å². The van der Waals surface area contributed by atoms with E-state index in [1.165, 1.54) is 6.26 Å². The number of hydrogen-bond acceptors (Lipinski definition) is 11. The Bertz CT molecular complexity index is 1510. The molecular weight excluding hydrogens is 672 g/mol. The number of carbonyl (C=O) groups is 4. The second-order valence-electron chi connectivity index (χ2n) is 15.5. The van der Waals surface area contributed by atoms with Crippen LogP contribution >= 0.6 is 0 Å². The van der Waals surface area contributed by atoms with Crippen LogP contribution in [0.2, 0.25) is 0 Å². The lowest BCUT2D eigenvalue weighted by atomic mass is 9.91. The molecule has 0 spiro atoms. The molecule has 5 unspecified atom stereocenters. The van der Waals surface area contributed by atoms with E-state index in [-0.39, 0.29) is 56.8 Å². The molecule has 2 amide bonds. The van der Waals surface area contributed by atoms with E-state index in [4.69, 9.17) is 28.8 Å². The van der Waals surface area contributed by atoms with Crippen LogP contribution in [0.15, 0.2) is 42.2 Å². The number of likely N-dealkylation sites (tertiary alicyclic amines) is 1. The largest absolute Gasteiger partial charge is 0.499 e. The third kappa shape index (κ3) is 9.05. The van der Waals surface area contributed by atoms with E-state index in [2.05, 4.69) is 5.32 Å². The number of ether oxygens (including phenoxy) is 5. The van der Waals surface area contributed by atoms with Gasteiger partial charge in [0.2, 0.25) is 11.8 Å². The van der Waals surface area contributed by atoms with Crippen LogP contribution in [-0.2, 0) is 38.1 Å². The number of nitrogens with zero attached hydrogens (tertiary/aromatic N) is 1. The minimum absolute atomic E-state index is 0.0263. The van der Waals surface area contributed by atoms with Gasteiger partial charge in [0.25, 0.3) is 0 Å². The van der Waals surface area contributed by atoms with Crippen LogP contribution in [-0.4, -0.2) is 107 Å². The van der Waals surface area contributed by atoms with E-state index in [1.54, 1.807) is 62.1 Å². The predicted octanol–water partition coefficient (Wildman–Crippen LogP) is 3.41. The van der Waals surface area contributed by atoms with E-state index in [9.17, 15) is 24.3 Å². The van der Waals surface area contributed by atoms with Gasteiger partial charge in [-0.1, -0.05) is 12.1 Å². The first-order valence-electron chi connectivity index (χ1n) is 18.6. The van der Waals surface area contributed by atoms with Crippen LogP contribution < -0.4 is 5.32 Å². The number of nitrogens with one attached hydrogen (secondary N) is 1. The van der Waals surface area contributed by atoms with E-state index in [1.807, 2.05) is 0 Å². The molecule has 2 heterocycles. The Morgan fingerprint density at radius 3 is 2.38 bits per heavy atom. The Balaban J connectivity index is 1.15. The molecule has 3 N–H and O–H groups in total. The van der Waals surface area contributed by atoms with E-state index >= 15 is 0 Å².